The van der Waals surface area contributed by atoms with E-state index in [4.69, 9.17) is 4.74 Å². The van der Waals surface area contributed by atoms with Gasteiger partial charge in [0.05, 0.1) is 13.2 Å². The first kappa shape index (κ1) is 12.6. The van der Waals surface area contributed by atoms with Crippen LogP contribution in [0.1, 0.15) is 12.5 Å². The van der Waals surface area contributed by atoms with Gasteiger partial charge in [0.2, 0.25) is 0 Å². The molecule has 2 aliphatic heterocycles. The highest BCUT2D eigenvalue weighted by Crippen LogP contribution is 2.31. The van der Waals surface area contributed by atoms with Crippen molar-refractivity contribution in [2.24, 2.45) is 0 Å². The van der Waals surface area contributed by atoms with Gasteiger partial charge in [0.1, 0.15) is 13.1 Å². The number of fused-ring (bicyclic) bond motifs is 1. The minimum atomic E-state index is 0.245. The van der Waals surface area contributed by atoms with E-state index in [1.54, 1.807) is 0 Å². The summed E-state index contributed by atoms with van der Waals surface area (Å²) in [5.74, 6) is 0.245. The lowest BCUT2D eigenvalue weighted by atomic mass is 10.1. The van der Waals surface area contributed by atoms with E-state index in [1.807, 2.05) is 17.0 Å². The monoisotopic (exact) mass is 261 g/mol. The normalized spacial score (nSPS) is 23.4. The Morgan fingerprint density at radius 3 is 2.89 bits per heavy atom. The number of benzene rings is 1. The number of nitrogens with one attached hydrogen (secondary N) is 1. The number of carbonyl (C=O) groups excluding carboxylic acids is 1. The maximum Gasteiger partial charge on any atom is 0.282 e. The van der Waals surface area contributed by atoms with Crippen molar-refractivity contribution in [1.29, 1.82) is 0 Å². The topological polar surface area (TPSA) is 34.0 Å². The largest absolute Gasteiger partial charge is 0.370 e. The molecule has 1 atom stereocenters. The van der Waals surface area contributed by atoms with Gasteiger partial charge in [-0.25, -0.2) is 0 Å². The van der Waals surface area contributed by atoms with Crippen molar-refractivity contribution < 1.29 is 14.4 Å². The summed E-state index contributed by atoms with van der Waals surface area (Å²) in [6.45, 7) is 6.14. The Bertz CT molecular complexity index is 469. The molecule has 0 aliphatic carbocycles. The zero-order chi connectivity index (χ0) is 13.2. The molecule has 0 unspecified atom stereocenters. The molecule has 1 fully saturated rings. The number of quaternary nitrogens is 1. The first-order valence-corrected chi connectivity index (χ1v) is 7.07. The number of morpholine rings is 1. The number of amides is 1. The second kappa shape index (κ2) is 5.31. The number of hydrogen-bond acceptors (Lipinski definition) is 2. The molecule has 1 aromatic rings. The summed E-state index contributed by atoms with van der Waals surface area (Å²) in [5, 5.41) is 0. The lowest BCUT2D eigenvalue weighted by molar-refractivity contribution is -0.900. The van der Waals surface area contributed by atoms with Gasteiger partial charge in [-0.05, 0) is 25.0 Å². The Hall–Kier alpha value is -1.39. The average molecular weight is 261 g/mol. The highest BCUT2D eigenvalue weighted by atomic mass is 16.5. The predicted octanol–water partition coefficient (Wildman–Crippen LogP) is -0.121. The molecule has 4 heteroatoms. The molecule has 2 heterocycles. The highest BCUT2D eigenvalue weighted by Gasteiger charge is 2.32. The van der Waals surface area contributed by atoms with Crippen LogP contribution in [-0.2, 0) is 16.0 Å². The summed E-state index contributed by atoms with van der Waals surface area (Å²) in [6.07, 6.45) is 0.973. The van der Waals surface area contributed by atoms with Crippen LogP contribution >= 0.6 is 0 Å². The molecule has 1 amide bonds. The van der Waals surface area contributed by atoms with E-state index in [2.05, 4.69) is 19.1 Å². The summed E-state index contributed by atoms with van der Waals surface area (Å²) < 4.78 is 5.34. The van der Waals surface area contributed by atoms with Crippen molar-refractivity contribution in [3.05, 3.63) is 29.8 Å². The lowest BCUT2D eigenvalue weighted by Crippen LogP contribution is -3.15. The number of rotatable bonds is 2. The summed E-state index contributed by atoms with van der Waals surface area (Å²) in [5.41, 5.74) is 2.40. The smallest absolute Gasteiger partial charge is 0.282 e. The van der Waals surface area contributed by atoms with Crippen LogP contribution in [0.2, 0.25) is 0 Å². The quantitative estimate of drug-likeness (QED) is 0.805. The molecule has 4 nitrogen and oxygen atoms in total. The van der Waals surface area contributed by atoms with E-state index >= 15 is 0 Å². The summed E-state index contributed by atoms with van der Waals surface area (Å²) in [7, 11) is 0. The number of anilines is 1. The van der Waals surface area contributed by atoms with Crippen LogP contribution in [-0.4, -0.2) is 44.8 Å². The maximum atomic E-state index is 12.6. The molecule has 0 saturated carbocycles. The zero-order valence-electron chi connectivity index (χ0n) is 11.4. The van der Waals surface area contributed by atoms with Gasteiger partial charge >= 0.3 is 0 Å². The third kappa shape index (κ3) is 2.51. The molecule has 19 heavy (non-hydrogen) atoms. The Labute approximate surface area is 113 Å². The Morgan fingerprint density at radius 1 is 1.37 bits per heavy atom. The summed E-state index contributed by atoms with van der Waals surface area (Å²) in [4.78, 5) is 15.9. The van der Waals surface area contributed by atoms with Crippen molar-refractivity contribution in [1.82, 2.24) is 0 Å². The van der Waals surface area contributed by atoms with E-state index in [9.17, 15) is 4.79 Å². The molecule has 0 aromatic heterocycles. The van der Waals surface area contributed by atoms with Crippen molar-refractivity contribution in [3.8, 4) is 0 Å². The van der Waals surface area contributed by atoms with Gasteiger partial charge in [-0.3, -0.25) is 4.79 Å². The van der Waals surface area contributed by atoms with Gasteiger partial charge in [-0.1, -0.05) is 18.2 Å². The minimum absolute atomic E-state index is 0.245. The number of carbonyl (C=O) groups is 1. The third-order valence-electron chi connectivity index (χ3n) is 4.08. The van der Waals surface area contributed by atoms with Crippen LogP contribution in [0.15, 0.2) is 24.3 Å². The van der Waals surface area contributed by atoms with E-state index in [0.717, 1.165) is 38.4 Å². The maximum absolute atomic E-state index is 12.6. The van der Waals surface area contributed by atoms with Crippen LogP contribution in [0.3, 0.4) is 0 Å². The van der Waals surface area contributed by atoms with Crippen molar-refractivity contribution in [3.63, 3.8) is 0 Å². The molecule has 1 aromatic carbocycles. The molecule has 0 bridgehead atoms. The molecule has 102 valence electrons. The molecular formula is C15H21N2O2+. The predicted molar refractivity (Wildman–Crippen MR) is 73.5 cm³/mol. The molecule has 1 saturated heterocycles. The van der Waals surface area contributed by atoms with Crippen molar-refractivity contribution in [2.45, 2.75) is 19.4 Å². The molecular weight excluding hydrogens is 240 g/mol. The van der Waals surface area contributed by atoms with E-state index in [1.165, 1.54) is 10.5 Å². The number of ether oxygens (including phenoxy) is 1. The molecule has 2 aliphatic rings. The average Bonchev–Trinajstić information content (AvgIpc) is 2.75. The van der Waals surface area contributed by atoms with Crippen LogP contribution in [0.4, 0.5) is 5.69 Å². The molecule has 1 N–H and O–H groups in total. The Kier molecular flexibility index (Phi) is 3.53. The fraction of sp³-hybridized carbons (Fsp3) is 0.533. The zero-order valence-corrected chi connectivity index (χ0v) is 11.4. The van der Waals surface area contributed by atoms with Crippen LogP contribution in [0.5, 0.6) is 0 Å². The van der Waals surface area contributed by atoms with Gasteiger partial charge in [-0.15, -0.1) is 0 Å². The number of para-hydroxylation sites is 1. The number of hydrogen-bond donors (Lipinski definition) is 1. The van der Waals surface area contributed by atoms with Crippen molar-refractivity contribution in [2.75, 3.05) is 37.7 Å². The fourth-order valence-corrected chi connectivity index (χ4v) is 3.08. The van der Waals surface area contributed by atoms with Crippen molar-refractivity contribution >= 4 is 11.6 Å². The standard InChI is InChI=1S/C15H20N2O2/c1-12-10-13-4-2-3-5-14(13)17(12)15(18)11-16-6-8-19-9-7-16/h2-5,12H,6-11H2,1H3/p+1/t12-/m1/s1. The summed E-state index contributed by atoms with van der Waals surface area (Å²) in [6, 6.07) is 8.53. The van der Waals surface area contributed by atoms with E-state index < -0.39 is 0 Å². The Balaban J connectivity index is 1.72. The first-order valence-electron chi connectivity index (χ1n) is 7.07. The van der Waals surface area contributed by atoms with Gasteiger partial charge in [0, 0.05) is 11.7 Å². The summed E-state index contributed by atoms with van der Waals surface area (Å²) >= 11 is 0. The van der Waals surface area contributed by atoms with Gasteiger partial charge in [0.25, 0.3) is 5.91 Å². The molecule has 3 rings (SSSR count). The third-order valence-corrected chi connectivity index (χ3v) is 4.08. The Morgan fingerprint density at radius 2 is 2.11 bits per heavy atom. The van der Waals surface area contributed by atoms with Crippen LogP contribution in [0, 0.1) is 0 Å². The fourth-order valence-electron chi connectivity index (χ4n) is 3.08. The van der Waals surface area contributed by atoms with E-state index in [-0.39, 0.29) is 11.9 Å². The molecule has 0 radical (unpaired) electrons. The lowest BCUT2D eigenvalue weighted by Gasteiger charge is -2.27. The second-order valence-electron chi connectivity index (χ2n) is 5.48. The van der Waals surface area contributed by atoms with Gasteiger partial charge in [0.15, 0.2) is 6.54 Å². The first-order chi connectivity index (χ1) is 9.25. The minimum Gasteiger partial charge on any atom is -0.370 e. The van der Waals surface area contributed by atoms with Gasteiger partial charge < -0.3 is 14.5 Å². The van der Waals surface area contributed by atoms with Gasteiger partial charge in [-0.2, -0.15) is 0 Å². The number of nitrogens with zero attached hydrogens (tertiary/aromatic N) is 1. The van der Waals surface area contributed by atoms with Crippen LogP contribution in [0.25, 0.3) is 0 Å². The SMILES string of the molecule is C[C@@H]1Cc2ccccc2N1C(=O)C[NH+]1CCOCC1. The highest BCUT2D eigenvalue weighted by molar-refractivity contribution is 5.96. The molecule has 0 spiro atoms. The second-order valence-corrected chi connectivity index (χ2v) is 5.48. The van der Waals surface area contributed by atoms with Crippen LogP contribution < -0.4 is 9.80 Å². The van der Waals surface area contributed by atoms with E-state index in [0.29, 0.717) is 6.54 Å².